The van der Waals surface area contributed by atoms with Crippen LogP contribution in [-0.2, 0) is 16.0 Å². The number of rotatable bonds is 4. The molecule has 0 atom stereocenters. The van der Waals surface area contributed by atoms with E-state index >= 15 is 0 Å². The molecule has 0 aliphatic heterocycles. The molecular weight excluding hydrogens is 260 g/mol. The van der Waals surface area contributed by atoms with E-state index in [0.29, 0.717) is 17.8 Å². The number of carbonyl (C=O) groups excluding carboxylic acids is 2. The van der Waals surface area contributed by atoms with Crippen molar-refractivity contribution in [3.63, 3.8) is 0 Å². The van der Waals surface area contributed by atoms with E-state index in [9.17, 15) is 9.59 Å². The third-order valence-electron chi connectivity index (χ3n) is 2.59. The molecule has 1 aromatic rings. The molecule has 0 heterocycles. The summed E-state index contributed by atoms with van der Waals surface area (Å²) in [6.45, 7) is 3.85. The summed E-state index contributed by atoms with van der Waals surface area (Å²) >= 11 is 0. The van der Waals surface area contributed by atoms with E-state index in [2.05, 4.69) is 4.74 Å². The average molecular weight is 280 g/mol. The zero-order chi connectivity index (χ0) is 15.3. The zero-order valence-corrected chi connectivity index (χ0v) is 12.2. The van der Waals surface area contributed by atoms with Crippen molar-refractivity contribution in [2.75, 3.05) is 19.9 Å². The molecule has 0 radical (unpaired) electrons. The Balaban J connectivity index is 2.91. The first-order valence-electron chi connectivity index (χ1n) is 6.23. The van der Waals surface area contributed by atoms with Gasteiger partial charge in [0, 0.05) is 19.3 Å². The Labute approximate surface area is 118 Å². The van der Waals surface area contributed by atoms with Crippen LogP contribution in [0.4, 0.5) is 10.5 Å². The summed E-state index contributed by atoms with van der Waals surface area (Å²) in [4.78, 5) is 24.6. The molecule has 20 heavy (non-hydrogen) atoms. The van der Waals surface area contributed by atoms with Crippen molar-refractivity contribution in [1.29, 1.82) is 0 Å². The summed E-state index contributed by atoms with van der Waals surface area (Å²) in [7, 11) is 2.92. The van der Waals surface area contributed by atoms with Crippen LogP contribution in [0.2, 0.25) is 0 Å². The van der Waals surface area contributed by atoms with Crippen LogP contribution in [0.3, 0.4) is 0 Å². The molecule has 1 rings (SSSR count). The van der Waals surface area contributed by atoms with E-state index in [1.807, 2.05) is 0 Å². The minimum atomic E-state index is -0.472. The second kappa shape index (κ2) is 6.79. The quantitative estimate of drug-likeness (QED) is 0.674. The molecule has 110 valence electrons. The van der Waals surface area contributed by atoms with Crippen molar-refractivity contribution < 1.29 is 19.1 Å². The topological polar surface area (TPSA) is 81.9 Å². The first kappa shape index (κ1) is 15.8. The summed E-state index contributed by atoms with van der Waals surface area (Å²) in [5, 5.41) is 0. The van der Waals surface area contributed by atoms with Gasteiger partial charge >= 0.3 is 12.1 Å². The Morgan fingerprint density at radius 1 is 1.35 bits per heavy atom. The van der Waals surface area contributed by atoms with Gasteiger partial charge in [-0.3, -0.25) is 0 Å². The van der Waals surface area contributed by atoms with Crippen molar-refractivity contribution >= 4 is 17.7 Å². The number of hydrogen-bond donors (Lipinski definition) is 1. The summed E-state index contributed by atoms with van der Waals surface area (Å²) < 4.78 is 9.73. The Morgan fingerprint density at radius 2 is 2.00 bits per heavy atom. The summed E-state index contributed by atoms with van der Waals surface area (Å²) in [6.07, 6.45) is -0.670. The van der Waals surface area contributed by atoms with Gasteiger partial charge in [0.05, 0.1) is 18.8 Å². The van der Waals surface area contributed by atoms with Gasteiger partial charge in [-0.1, -0.05) is 6.07 Å². The number of nitrogens with two attached hydrogens (primary N) is 1. The predicted octanol–water partition coefficient (Wildman–Crippen LogP) is 2.03. The van der Waals surface area contributed by atoms with Crippen LogP contribution in [0.5, 0.6) is 0 Å². The third kappa shape index (κ3) is 4.15. The van der Waals surface area contributed by atoms with Crippen molar-refractivity contribution in [2.45, 2.75) is 26.5 Å². The summed E-state index contributed by atoms with van der Waals surface area (Å²) in [5.41, 5.74) is 7.19. The molecule has 1 amide bonds. The molecule has 0 fully saturated rings. The number of hydrogen-bond acceptors (Lipinski definition) is 5. The predicted molar refractivity (Wildman–Crippen MR) is 75.3 cm³/mol. The lowest BCUT2D eigenvalue weighted by Crippen LogP contribution is -2.26. The molecule has 0 saturated heterocycles. The Bertz CT molecular complexity index is 500. The van der Waals surface area contributed by atoms with Crippen LogP contribution >= 0.6 is 0 Å². The van der Waals surface area contributed by atoms with E-state index in [1.165, 1.54) is 12.0 Å². The fourth-order valence-corrected chi connectivity index (χ4v) is 1.65. The lowest BCUT2D eigenvalue weighted by atomic mass is 10.1. The van der Waals surface area contributed by atoms with E-state index in [4.69, 9.17) is 10.5 Å². The first-order chi connectivity index (χ1) is 9.35. The second-order valence-electron chi connectivity index (χ2n) is 4.70. The summed E-state index contributed by atoms with van der Waals surface area (Å²) in [5.74, 6) is -0.472. The molecule has 0 aliphatic carbocycles. The van der Waals surface area contributed by atoms with Crippen molar-refractivity contribution in [1.82, 2.24) is 4.90 Å². The highest BCUT2D eigenvalue weighted by Gasteiger charge is 2.15. The normalized spacial score (nSPS) is 10.2. The maximum absolute atomic E-state index is 11.9. The average Bonchev–Trinajstić information content (AvgIpc) is 2.38. The Hall–Kier alpha value is -2.24. The van der Waals surface area contributed by atoms with Crippen LogP contribution in [0.25, 0.3) is 0 Å². The largest absolute Gasteiger partial charge is 0.459 e. The lowest BCUT2D eigenvalue weighted by Gasteiger charge is -2.16. The van der Waals surface area contributed by atoms with E-state index in [-0.39, 0.29) is 6.10 Å². The molecule has 1 aromatic carbocycles. The number of esters is 1. The van der Waals surface area contributed by atoms with Gasteiger partial charge in [-0.05, 0) is 31.5 Å². The van der Waals surface area contributed by atoms with Gasteiger partial charge in [0.1, 0.15) is 0 Å². The maximum atomic E-state index is 11.9. The molecule has 0 unspecified atom stereocenters. The molecule has 2 N–H and O–H groups in total. The van der Waals surface area contributed by atoms with Crippen molar-refractivity contribution in [2.24, 2.45) is 0 Å². The van der Waals surface area contributed by atoms with Crippen LogP contribution in [0.1, 0.15) is 29.8 Å². The first-order valence-corrected chi connectivity index (χ1v) is 6.23. The third-order valence-corrected chi connectivity index (χ3v) is 2.59. The number of benzene rings is 1. The van der Waals surface area contributed by atoms with Gasteiger partial charge in [-0.25, -0.2) is 9.59 Å². The molecule has 6 nitrogen and oxygen atoms in total. The highest BCUT2D eigenvalue weighted by atomic mass is 16.5. The monoisotopic (exact) mass is 280 g/mol. The number of nitrogens with zero attached hydrogens (tertiary/aromatic N) is 1. The van der Waals surface area contributed by atoms with Crippen LogP contribution in [-0.4, -0.2) is 37.2 Å². The van der Waals surface area contributed by atoms with Crippen LogP contribution in [0.15, 0.2) is 18.2 Å². The number of amides is 1. The lowest BCUT2D eigenvalue weighted by molar-refractivity contribution is 0.0379. The standard InChI is InChI=1S/C14H20N2O4/c1-9(2)20-13(17)11-7-10(5-6-12(11)15)8-16(3)14(18)19-4/h5-7,9H,8,15H2,1-4H3. The SMILES string of the molecule is COC(=O)N(C)Cc1ccc(N)c(C(=O)OC(C)C)c1. The molecule has 0 aliphatic rings. The highest BCUT2D eigenvalue weighted by molar-refractivity contribution is 5.95. The molecule has 6 heteroatoms. The Kier molecular flexibility index (Phi) is 5.37. The molecule has 0 saturated carbocycles. The maximum Gasteiger partial charge on any atom is 0.409 e. The smallest absolute Gasteiger partial charge is 0.409 e. The fraction of sp³-hybridized carbons (Fsp3) is 0.429. The second-order valence-corrected chi connectivity index (χ2v) is 4.70. The summed E-state index contributed by atoms with van der Waals surface area (Å²) in [6, 6.07) is 5.00. The molecule has 0 bridgehead atoms. The van der Waals surface area contributed by atoms with Gasteiger partial charge in [0.25, 0.3) is 0 Å². The Morgan fingerprint density at radius 3 is 2.55 bits per heavy atom. The van der Waals surface area contributed by atoms with Crippen LogP contribution < -0.4 is 5.73 Å². The van der Waals surface area contributed by atoms with Crippen molar-refractivity contribution in [3.05, 3.63) is 29.3 Å². The molecule has 0 aromatic heterocycles. The van der Waals surface area contributed by atoms with Gasteiger partial charge in [-0.2, -0.15) is 0 Å². The van der Waals surface area contributed by atoms with Crippen LogP contribution in [0, 0.1) is 0 Å². The zero-order valence-electron chi connectivity index (χ0n) is 12.2. The van der Waals surface area contributed by atoms with Gasteiger partial charge < -0.3 is 20.1 Å². The van der Waals surface area contributed by atoms with E-state index in [0.717, 1.165) is 5.56 Å². The molecule has 0 spiro atoms. The number of carbonyl (C=O) groups is 2. The van der Waals surface area contributed by atoms with E-state index < -0.39 is 12.1 Å². The minimum absolute atomic E-state index is 0.219. The van der Waals surface area contributed by atoms with Crippen molar-refractivity contribution in [3.8, 4) is 0 Å². The van der Waals surface area contributed by atoms with Gasteiger partial charge in [-0.15, -0.1) is 0 Å². The number of ether oxygens (including phenoxy) is 2. The fourth-order valence-electron chi connectivity index (χ4n) is 1.65. The van der Waals surface area contributed by atoms with E-state index in [1.54, 1.807) is 39.1 Å². The van der Waals surface area contributed by atoms with Gasteiger partial charge in [0.2, 0.25) is 0 Å². The minimum Gasteiger partial charge on any atom is -0.459 e. The highest BCUT2D eigenvalue weighted by Crippen LogP contribution is 2.17. The number of nitrogen functional groups attached to an aromatic ring is 1. The molecular formula is C14H20N2O4. The number of anilines is 1. The van der Waals surface area contributed by atoms with Gasteiger partial charge in [0.15, 0.2) is 0 Å². The number of methoxy groups -OCH3 is 1.